The fraction of sp³-hybridized carbons (Fsp3) is 0.278. The number of rotatable bonds is 7. The molecule has 0 fully saturated rings. The maximum atomic E-state index is 12.0. The Balaban J connectivity index is 1.82. The van der Waals surface area contributed by atoms with E-state index in [9.17, 15) is 4.79 Å². The normalized spacial score (nSPS) is 10.6. The van der Waals surface area contributed by atoms with Crippen molar-refractivity contribution in [1.29, 1.82) is 0 Å². The van der Waals surface area contributed by atoms with Crippen LogP contribution in [0.5, 0.6) is 5.75 Å². The molecule has 122 valence electrons. The summed E-state index contributed by atoms with van der Waals surface area (Å²) >= 11 is 6.00. The van der Waals surface area contributed by atoms with Crippen LogP contribution in [0.1, 0.15) is 12.0 Å². The number of para-hydroxylation sites is 1. The Bertz CT molecular complexity index is 659. The van der Waals surface area contributed by atoms with Crippen molar-refractivity contribution in [3.8, 4) is 5.75 Å². The molecule has 0 aliphatic carbocycles. The van der Waals surface area contributed by atoms with Gasteiger partial charge in [-0.2, -0.15) is 0 Å². The molecular weight excluding hydrogens is 312 g/mol. The minimum Gasteiger partial charge on any atom is -0.491 e. The Labute approximate surface area is 142 Å². The third kappa shape index (κ3) is 5.93. The number of hydrogen-bond acceptors (Lipinski definition) is 3. The van der Waals surface area contributed by atoms with Gasteiger partial charge in [0.25, 0.3) is 0 Å². The van der Waals surface area contributed by atoms with Crippen LogP contribution in [0.25, 0.3) is 0 Å². The van der Waals surface area contributed by atoms with Gasteiger partial charge in [-0.3, -0.25) is 4.79 Å². The minimum absolute atomic E-state index is 0.0842. The number of nitrogens with one attached hydrogen (secondary N) is 1. The van der Waals surface area contributed by atoms with Crippen LogP contribution in [-0.2, 0) is 11.3 Å². The van der Waals surface area contributed by atoms with Crippen molar-refractivity contribution in [2.45, 2.75) is 13.0 Å². The number of benzene rings is 2. The number of carbonyl (C=O) groups excluding carboxylic acids is 1. The van der Waals surface area contributed by atoms with Gasteiger partial charge in [0.1, 0.15) is 5.75 Å². The maximum Gasteiger partial charge on any atom is 0.227 e. The number of nitrogens with zero attached hydrogens (tertiary/aromatic N) is 1. The fourth-order valence-corrected chi connectivity index (χ4v) is 2.34. The Morgan fingerprint density at radius 3 is 2.70 bits per heavy atom. The monoisotopic (exact) mass is 332 g/mol. The van der Waals surface area contributed by atoms with Gasteiger partial charge < -0.3 is 15.0 Å². The predicted octanol–water partition coefficient (Wildman–Crippen LogP) is 3.81. The molecule has 0 spiro atoms. The number of amides is 1. The summed E-state index contributed by atoms with van der Waals surface area (Å²) in [6.07, 6.45) is 0.267. The topological polar surface area (TPSA) is 41.6 Å². The fourth-order valence-electron chi connectivity index (χ4n) is 2.15. The molecule has 0 aliphatic heterocycles. The first-order valence-electron chi connectivity index (χ1n) is 7.45. The SMILES string of the molecule is CN(C)Cc1cccc(NC(=O)CCOc2ccccc2Cl)c1. The van der Waals surface area contributed by atoms with Crippen LogP contribution in [0.2, 0.25) is 5.02 Å². The number of anilines is 1. The van der Waals surface area contributed by atoms with Gasteiger partial charge in [0, 0.05) is 12.2 Å². The molecule has 0 saturated heterocycles. The van der Waals surface area contributed by atoms with Gasteiger partial charge >= 0.3 is 0 Å². The Hall–Kier alpha value is -2.04. The summed E-state index contributed by atoms with van der Waals surface area (Å²) in [5, 5.41) is 3.43. The van der Waals surface area contributed by atoms with Crippen molar-refractivity contribution in [3.63, 3.8) is 0 Å². The molecule has 23 heavy (non-hydrogen) atoms. The highest BCUT2D eigenvalue weighted by atomic mass is 35.5. The summed E-state index contributed by atoms with van der Waals surface area (Å²) in [5.74, 6) is 0.508. The van der Waals surface area contributed by atoms with Gasteiger partial charge in [-0.15, -0.1) is 0 Å². The van der Waals surface area contributed by atoms with Crippen molar-refractivity contribution < 1.29 is 9.53 Å². The molecular formula is C18H21ClN2O2. The lowest BCUT2D eigenvalue weighted by Crippen LogP contribution is -2.16. The first kappa shape index (κ1) is 17.3. The molecule has 1 N–H and O–H groups in total. The number of ether oxygens (including phenoxy) is 1. The molecule has 0 atom stereocenters. The minimum atomic E-state index is -0.0842. The van der Waals surface area contributed by atoms with Crippen LogP contribution in [0.3, 0.4) is 0 Å². The van der Waals surface area contributed by atoms with E-state index in [2.05, 4.69) is 10.2 Å². The lowest BCUT2D eigenvalue weighted by molar-refractivity contribution is -0.116. The van der Waals surface area contributed by atoms with Gasteiger partial charge in [0.2, 0.25) is 5.91 Å². The van der Waals surface area contributed by atoms with Crippen LogP contribution in [0, 0.1) is 0 Å². The van der Waals surface area contributed by atoms with E-state index in [-0.39, 0.29) is 18.9 Å². The van der Waals surface area contributed by atoms with Crippen molar-refractivity contribution in [2.75, 3.05) is 26.0 Å². The van der Waals surface area contributed by atoms with E-state index < -0.39 is 0 Å². The first-order chi connectivity index (χ1) is 11.0. The summed E-state index contributed by atoms with van der Waals surface area (Å²) in [5.41, 5.74) is 1.95. The van der Waals surface area contributed by atoms with E-state index in [0.717, 1.165) is 17.8 Å². The van der Waals surface area contributed by atoms with Crippen molar-refractivity contribution in [3.05, 3.63) is 59.1 Å². The summed E-state index contributed by atoms with van der Waals surface area (Å²) in [6.45, 7) is 1.12. The lowest BCUT2D eigenvalue weighted by atomic mass is 10.2. The van der Waals surface area contributed by atoms with E-state index >= 15 is 0 Å². The second-order valence-electron chi connectivity index (χ2n) is 5.52. The Morgan fingerprint density at radius 2 is 1.96 bits per heavy atom. The first-order valence-corrected chi connectivity index (χ1v) is 7.83. The molecule has 2 rings (SSSR count). The summed E-state index contributed by atoms with van der Waals surface area (Å²) in [7, 11) is 4.02. The smallest absolute Gasteiger partial charge is 0.227 e. The molecule has 0 aliphatic rings. The zero-order chi connectivity index (χ0) is 16.7. The zero-order valence-corrected chi connectivity index (χ0v) is 14.1. The zero-order valence-electron chi connectivity index (χ0n) is 13.4. The number of halogens is 1. The number of carbonyl (C=O) groups is 1. The molecule has 0 saturated carbocycles. The van der Waals surface area contributed by atoms with Crippen LogP contribution in [0.4, 0.5) is 5.69 Å². The highest BCUT2D eigenvalue weighted by Gasteiger charge is 2.05. The van der Waals surface area contributed by atoms with E-state index in [4.69, 9.17) is 16.3 Å². The molecule has 0 aromatic heterocycles. The standard InChI is InChI=1S/C18H21ClN2O2/c1-21(2)13-14-6-5-7-15(12-14)20-18(22)10-11-23-17-9-4-3-8-16(17)19/h3-9,12H,10-11,13H2,1-2H3,(H,20,22). The van der Waals surface area contributed by atoms with Gasteiger partial charge in [0.15, 0.2) is 0 Å². The van der Waals surface area contributed by atoms with Crippen LogP contribution in [-0.4, -0.2) is 31.5 Å². The molecule has 5 heteroatoms. The summed E-state index contributed by atoms with van der Waals surface area (Å²) in [4.78, 5) is 14.1. The molecule has 0 unspecified atom stereocenters. The van der Waals surface area contributed by atoms with Crippen molar-refractivity contribution in [2.24, 2.45) is 0 Å². The third-order valence-corrected chi connectivity index (χ3v) is 3.45. The number of hydrogen-bond donors (Lipinski definition) is 1. The summed E-state index contributed by atoms with van der Waals surface area (Å²) < 4.78 is 5.52. The highest BCUT2D eigenvalue weighted by molar-refractivity contribution is 6.32. The van der Waals surface area contributed by atoms with Crippen LogP contribution < -0.4 is 10.1 Å². The maximum absolute atomic E-state index is 12.0. The largest absolute Gasteiger partial charge is 0.491 e. The molecule has 2 aromatic carbocycles. The van der Waals surface area contributed by atoms with Gasteiger partial charge in [-0.1, -0.05) is 35.9 Å². The second-order valence-corrected chi connectivity index (χ2v) is 5.92. The predicted molar refractivity (Wildman–Crippen MR) is 94.0 cm³/mol. The average Bonchev–Trinajstić information content (AvgIpc) is 2.49. The van der Waals surface area contributed by atoms with Crippen LogP contribution >= 0.6 is 11.6 Å². The van der Waals surface area contributed by atoms with Gasteiger partial charge in [-0.25, -0.2) is 0 Å². The average molecular weight is 333 g/mol. The lowest BCUT2D eigenvalue weighted by Gasteiger charge is -2.12. The van der Waals surface area contributed by atoms with Crippen molar-refractivity contribution >= 4 is 23.2 Å². The quantitative estimate of drug-likeness (QED) is 0.838. The van der Waals surface area contributed by atoms with E-state index in [1.807, 2.05) is 50.5 Å². The van der Waals surface area contributed by atoms with Gasteiger partial charge in [0.05, 0.1) is 18.1 Å². The van der Waals surface area contributed by atoms with Crippen LogP contribution in [0.15, 0.2) is 48.5 Å². The van der Waals surface area contributed by atoms with E-state index in [0.29, 0.717) is 10.8 Å². The molecule has 2 aromatic rings. The van der Waals surface area contributed by atoms with Gasteiger partial charge in [-0.05, 0) is 43.9 Å². The summed E-state index contributed by atoms with van der Waals surface area (Å²) in [6, 6.07) is 15.1. The second kappa shape index (κ2) is 8.56. The highest BCUT2D eigenvalue weighted by Crippen LogP contribution is 2.23. The molecule has 1 amide bonds. The molecule has 0 radical (unpaired) electrons. The Morgan fingerprint density at radius 1 is 1.17 bits per heavy atom. The third-order valence-electron chi connectivity index (χ3n) is 3.13. The molecule has 0 heterocycles. The van der Waals surface area contributed by atoms with E-state index in [1.165, 1.54) is 0 Å². The Kier molecular flexibility index (Phi) is 6.44. The molecule has 4 nitrogen and oxygen atoms in total. The van der Waals surface area contributed by atoms with Crippen molar-refractivity contribution in [1.82, 2.24) is 4.90 Å². The molecule has 0 bridgehead atoms. The van der Waals surface area contributed by atoms with E-state index in [1.54, 1.807) is 12.1 Å².